The molecule has 1 atom stereocenters. The molecule has 3 heteroatoms. The van der Waals surface area contributed by atoms with Crippen LogP contribution in [0.4, 0.5) is 0 Å². The van der Waals surface area contributed by atoms with E-state index in [9.17, 15) is 0 Å². The van der Waals surface area contributed by atoms with E-state index in [1.165, 1.54) is 102 Å². The summed E-state index contributed by atoms with van der Waals surface area (Å²) in [6, 6.07) is 25.4. The predicted molar refractivity (Wildman–Crippen MR) is 195 cm³/mol. The summed E-state index contributed by atoms with van der Waals surface area (Å²) >= 11 is 0. The second-order valence-electron chi connectivity index (χ2n) is 14.2. The largest absolute Gasteiger partial charge is 4.00 e. The number of benzene rings is 4. The molecule has 1 aliphatic rings. The van der Waals surface area contributed by atoms with Crippen LogP contribution in [-0.2, 0) is 26.2 Å². The normalized spacial score (nSPS) is 13.7. The van der Waals surface area contributed by atoms with Gasteiger partial charge in [0.2, 0.25) is 0 Å². The summed E-state index contributed by atoms with van der Waals surface area (Å²) in [6.45, 7) is 22.3. The molecule has 244 valence electrons. The van der Waals surface area contributed by atoms with Crippen molar-refractivity contribution in [2.45, 2.75) is 88.5 Å². The summed E-state index contributed by atoms with van der Waals surface area (Å²) in [5, 5.41) is 5.32. The zero-order valence-corrected chi connectivity index (χ0v) is 33.9. The summed E-state index contributed by atoms with van der Waals surface area (Å²) < 4.78 is 0. The molecule has 0 fully saturated rings. The van der Waals surface area contributed by atoms with Gasteiger partial charge in [0, 0.05) is 0 Å². The zero-order valence-electron chi connectivity index (χ0n) is 30.0. The van der Waals surface area contributed by atoms with E-state index in [0.717, 1.165) is 0 Å². The van der Waals surface area contributed by atoms with Gasteiger partial charge in [0.1, 0.15) is 0 Å². The Labute approximate surface area is 316 Å². The van der Waals surface area contributed by atoms with Crippen LogP contribution in [0.15, 0.2) is 84.5 Å². The number of rotatable bonds is 5. The minimum atomic E-state index is 0. The summed E-state index contributed by atoms with van der Waals surface area (Å²) in [4.78, 5) is 0. The van der Waals surface area contributed by atoms with Crippen LogP contribution in [0.5, 0.6) is 0 Å². The maximum atomic E-state index is 3.43. The van der Waals surface area contributed by atoms with Crippen molar-refractivity contribution in [3.8, 4) is 22.3 Å². The van der Waals surface area contributed by atoms with E-state index in [1.54, 1.807) is 0 Å². The first-order valence-corrected chi connectivity index (χ1v) is 16.5. The van der Waals surface area contributed by atoms with E-state index in [0.29, 0.717) is 11.3 Å². The maximum absolute atomic E-state index is 3.43. The Hall–Kier alpha value is -2.31. The second-order valence-corrected chi connectivity index (χ2v) is 14.2. The number of hydrogen-bond acceptors (Lipinski definition) is 0. The Morgan fingerprint density at radius 1 is 0.660 bits per heavy atom. The molecule has 1 unspecified atom stereocenters. The van der Waals surface area contributed by atoms with E-state index < -0.39 is 0 Å². The van der Waals surface area contributed by atoms with Gasteiger partial charge in [-0.2, -0.15) is 11.6 Å². The first-order valence-electron chi connectivity index (χ1n) is 16.5. The van der Waals surface area contributed by atoms with Crippen LogP contribution >= 0.6 is 0 Å². The minimum Gasteiger partial charge on any atom is -1.00 e. The molecule has 0 aromatic heterocycles. The van der Waals surface area contributed by atoms with Gasteiger partial charge >= 0.3 is 26.2 Å². The van der Waals surface area contributed by atoms with Crippen LogP contribution in [0.1, 0.15) is 80.3 Å². The van der Waals surface area contributed by atoms with E-state index in [2.05, 4.69) is 154 Å². The van der Waals surface area contributed by atoms with Gasteiger partial charge in [0.25, 0.3) is 0 Å². The van der Waals surface area contributed by atoms with Crippen molar-refractivity contribution in [2.24, 2.45) is 11.3 Å². The van der Waals surface area contributed by atoms with Crippen LogP contribution in [0.3, 0.4) is 0 Å². The fraction of sp³-hybridized carbons (Fsp3) is 0.341. The third kappa shape index (κ3) is 9.23. The molecule has 0 saturated carbocycles. The molecule has 0 N–H and O–H groups in total. The SMILES string of the molecule is CCCCC1[C-]=CC(C(C)(C)C)=C1.Cc1cc(C)c(-c2ccc3c(c2)[cH-]c2cc(-c4c(C)cc(C)cc4C)ccc23)c(C)c1.[Cl-].[Cl-].[Zr+4]. The van der Waals surface area contributed by atoms with Gasteiger partial charge in [-0.15, -0.1) is 39.7 Å². The Balaban J connectivity index is 0.000000411. The molecular weight excluding hydrogens is 691 g/mol. The Morgan fingerprint density at radius 3 is 1.45 bits per heavy atom. The quantitative estimate of drug-likeness (QED) is 0.170. The number of aryl methyl sites for hydroxylation is 6. The third-order valence-electron chi connectivity index (χ3n) is 9.20. The summed E-state index contributed by atoms with van der Waals surface area (Å²) in [7, 11) is 0. The molecule has 0 radical (unpaired) electrons. The first-order chi connectivity index (χ1) is 20.8. The van der Waals surface area contributed by atoms with Gasteiger partial charge in [-0.25, -0.2) is 6.08 Å². The van der Waals surface area contributed by atoms with Gasteiger partial charge in [0.05, 0.1) is 0 Å². The number of halogens is 2. The van der Waals surface area contributed by atoms with Crippen molar-refractivity contribution in [3.05, 3.63) is 124 Å². The van der Waals surface area contributed by atoms with E-state index >= 15 is 0 Å². The molecule has 0 bridgehead atoms. The maximum Gasteiger partial charge on any atom is 4.00 e. The van der Waals surface area contributed by atoms with Crippen molar-refractivity contribution < 1.29 is 51.0 Å². The molecule has 0 amide bonds. The Morgan fingerprint density at radius 2 is 1.09 bits per heavy atom. The van der Waals surface area contributed by atoms with Crippen molar-refractivity contribution in [1.82, 2.24) is 0 Å². The molecule has 6 rings (SSSR count). The van der Waals surface area contributed by atoms with E-state index in [4.69, 9.17) is 0 Å². The summed E-state index contributed by atoms with van der Waals surface area (Å²) in [5.41, 5.74) is 15.1. The summed E-state index contributed by atoms with van der Waals surface area (Å²) in [5.74, 6) is 0.592. The molecule has 0 nitrogen and oxygen atoms in total. The van der Waals surface area contributed by atoms with Crippen LogP contribution in [0.25, 0.3) is 43.8 Å². The molecule has 0 aliphatic heterocycles. The van der Waals surface area contributed by atoms with Gasteiger partial charge in [-0.05, 0) is 74.9 Å². The van der Waals surface area contributed by atoms with E-state index in [1.807, 2.05) is 0 Å². The van der Waals surface area contributed by atoms with Gasteiger partial charge in [-0.3, -0.25) is 6.08 Å². The molecule has 0 saturated heterocycles. The third-order valence-corrected chi connectivity index (χ3v) is 9.20. The second kappa shape index (κ2) is 16.9. The average Bonchev–Trinajstić information content (AvgIpc) is 3.55. The van der Waals surface area contributed by atoms with Crippen molar-refractivity contribution in [2.75, 3.05) is 0 Å². The number of fused-ring (bicyclic) bond motifs is 3. The van der Waals surface area contributed by atoms with Gasteiger partial charge in [0.15, 0.2) is 0 Å². The minimum absolute atomic E-state index is 0. The molecule has 0 spiro atoms. The Kier molecular flexibility index (Phi) is 14.7. The predicted octanol–water partition coefficient (Wildman–Crippen LogP) is 7.04. The standard InChI is InChI=1S/C31H29.C13H21.2ClH.Zr/c1-18-11-20(3)30(21(4)12-18)24-7-9-28-26(15-24)17-27-16-25(8-10-29(27)28)31-22(5)13-19(2)14-23(31)6;1-5-6-7-11-8-9-12(10-11)13(2,3)4;;;/h7-17H,1-6H3;9-11H,5-7H2,1-4H3;2*1H;/q2*-1;;;+4/p-2. The summed E-state index contributed by atoms with van der Waals surface area (Å²) in [6.07, 6.45) is 11.9. The molecule has 0 heterocycles. The fourth-order valence-electron chi connectivity index (χ4n) is 7.17. The molecule has 1 aliphatic carbocycles. The van der Waals surface area contributed by atoms with Gasteiger partial charge in [-0.1, -0.05) is 129 Å². The molecule has 5 aromatic rings. The Bertz CT molecular complexity index is 1740. The van der Waals surface area contributed by atoms with Crippen molar-refractivity contribution in [3.63, 3.8) is 0 Å². The van der Waals surface area contributed by atoms with Crippen molar-refractivity contribution >= 4 is 21.5 Å². The molecular formula is C44H50Cl2Zr. The zero-order chi connectivity index (χ0) is 31.8. The van der Waals surface area contributed by atoms with Crippen LogP contribution in [0, 0.1) is 59.0 Å². The van der Waals surface area contributed by atoms with Crippen LogP contribution < -0.4 is 24.8 Å². The number of hydrogen-bond donors (Lipinski definition) is 0. The van der Waals surface area contributed by atoms with Crippen molar-refractivity contribution in [1.29, 1.82) is 0 Å². The molecule has 5 aromatic carbocycles. The average molecular weight is 741 g/mol. The topological polar surface area (TPSA) is 0 Å². The molecule has 47 heavy (non-hydrogen) atoms. The van der Waals surface area contributed by atoms with Crippen LogP contribution in [-0.4, -0.2) is 0 Å². The first kappa shape index (κ1) is 40.9. The monoisotopic (exact) mass is 738 g/mol. The number of allylic oxidation sites excluding steroid dienone is 4. The van der Waals surface area contributed by atoms with Gasteiger partial charge < -0.3 is 24.8 Å². The fourth-order valence-corrected chi connectivity index (χ4v) is 7.17. The van der Waals surface area contributed by atoms with Crippen LogP contribution in [0.2, 0.25) is 0 Å². The number of unbranched alkanes of at least 4 members (excludes halogenated alkanes) is 1. The smallest absolute Gasteiger partial charge is 1.00 e. The van der Waals surface area contributed by atoms with E-state index in [-0.39, 0.29) is 51.0 Å².